The SMILES string of the molecule is COc1ccc(-c2nc(C)c(C(=O)NC3CCN(CC=C(C)C)CC3)s2)cc1OC. The fourth-order valence-electron chi connectivity index (χ4n) is 3.52. The van der Waals surface area contributed by atoms with Crippen molar-refractivity contribution in [1.29, 1.82) is 0 Å². The number of carbonyl (C=O) groups is 1. The average Bonchev–Trinajstić information content (AvgIpc) is 3.14. The van der Waals surface area contributed by atoms with Gasteiger partial charge in [-0.25, -0.2) is 4.98 Å². The van der Waals surface area contributed by atoms with Gasteiger partial charge in [0.15, 0.2) is 11.5 Å². The summed E-state index contributed by atoms with van der Waals surface area (Å²) in [4.78, 5) is 20.6. The Labute approximate surface area is 182 Å². The summed E-state index contributed by atoms with van der Waals surface area (Å²) in [6.45, 7) is 9.14. The third-order valence-electron chi connectivity index (χ3n) is 5.31. The van der Waals surface area contributed by atoms with Crippen molar-refractivity contribution in [2.24, 2.45) is 0 Å². The lowest BCUT2D eigenvalue weighted by Gasteiger charge is -2.31. The molecule has 1 amide bonds. The predicted octanol–water partition coefficient (Wildman–Crippen LogP) is 4.30. The molecule has 1 saturated heterocycles. The molecule has 1 aliphatic rings. The lowest BCUT2D eigenvalue weighted by molar-refractivity contribution is 0.0917. The topological polar surface area (TPSA) is 63.7 Å². The van der Waals surface area contributed by atoms with Gasteiger partial charge in [0.1, 0.15) is 9.88 Å². The Hall–Kier alpha value is -2.38. The zero-order valence-electron chi connectivity index (χ0n) is 18.4. The number of ether oxygens (including phenoxy) is 2. The smallest absolute Gasteiger partial charge is 0.263 e. The second-order valence-corrected chi connectivity index (χ2v) is 8.83. The molecule has 162 valence electrons. The molecule has 1 N–H and O–H groups in total. The number of amides is 1. The van der Waals surface area contributed by atoms with E-state index in [1.54, 1.807) is 14.2 Å². The molecule has 3 rings (SSSR count). The van der Waals surface area contributed by atoms with Gasteiger partial charge in [0.2, 0.25) is 0 Å². The van der Waals surface area contributed by atoms with Gasteiger partial charge in [-0.1, -0.05) is 11.6 Å². The van der Waals surface area contributed by atoms with Crippen LogP contribution in [0.2, 0.25) is 0 Å². The summed E-state index contributed by atoms with van der Waals surface area (Å²) in [5, 5.41) is 4.01. The summed E-state index contributed by atoms with van der Waals surface area (Å²) in [5.74, 6) is 1.29. The second-order valence-electron chi connectivity index (χ2n) is 7.83. The molecule has 2 heterocycles. The maximum atomic E-state index is 12.9. The highest BCUT2D eigenvalue weighted by molar-refractivity contribution is 7.17. The van der Waals surface area contributed by atoms with Crippen molar-refractivity contribution in [1.82, 2.24) is 15.2 Å². The van der Waals surface area contributed by atoms with E-state index in [2.05, 4.69) is 35.1 Å². The first-order chi connectivity index (χ1) is 14.4. The number of likely N-dealkylation sites (tertiary alicyclic amines) is 1. The van der Waals surface area contributed by atoms with E-state index in [-0.39, 0.29) is 11.9 Å². The molecule has 2 aromatic rings. The number of piperidine rings is 1. The molecule has 0 saturated carbocycles. The van der Waals surface area contributed by atoms with E-state index >= 15 is 0 Å². The van der Waals surface area contributed by atoms with Gasteiger partial charge in [0.05, 0.1) is 19.9 Å². The van der Waals surface area contributed by atoms with Crippen molar-refractivity contribution >= 4 is 17.2 Å². The number of hydrogen-bond acceptors (Lipinski definition) is 6. The standard InChI is InChI=1S/C23H31N3O3S/c1-15(2)8-11-26-12-9-18(10-13-26)25-22(27)21-16(3)24-23(30-21)17-6-7-19(28-4)20(14-17)29-5/h6-8,14,18H,9-13H2,1-5H3,(H,25,27). The number of carbonyl (C=O) groups excluding carboxylic acids is 1. The van der Waals surface area contributed by atoms with Crippen LogP contribution in [0.3, 0.4) is 0 Å². The summed E-state index contributed by atoms with van der Waals surface area (Å²) >= 11 is 1.42. The van der Waals surface area contributed by atoms with Gasteiger partial charge in [-0.15, -0.1) is 11.3 Å². The van der Waals surface area contributed by atoms with Gasteiger partial charge in [-0.3, -0.25) is 9.69 Å². The fraction of sp³-hybridized carbons (Fsp3) is 0.478. The van der Waals surface area contributed by atoms with E-state index in [0.717, 1.165) is 48.7 Å². The molecule has 1 aromatic heterocycles. The van der Waals surface area contributed by atoms with Gasteiger partial charge in [0, 0.05) is 31.2 Å². The van der Waals surface area contributed by atoms with Crippen molar-refractivity contribution in [2.45, 2.75) is 39.7 Å². The van der Waals surface area contributed by atoms with Crippen LogP contribution in [0.1, 0.15) is 42.1 Å². The Morgan fingerprint density at radius 1 is 1.23 bits per heavy atom. The Morgan fingerprint density at radius 3 is 2.57 bits per heavy atom. The highest BCUT2D eigenvalue weighted by atomic mass is 32.1. The van der Waals surface area contributed by atoms with Crippen molar-refractivity contribution in [3.05, 3.63) is 40.4 Å². The minimum Gasteiger partial charge on any atom is -0.493 e. The van der Waals surface area contributed by atoms with Crippen molar-refractivity contribution in [3.8, 4) is 22.1 Å². The average molecular weight is 430 g/mol. The Kier molecular flexibility index (Phi) is 7.50. The number of thiazole rings is 1. The van der Waals surface area contributed by atoms with Gasteiger partial charge >= 0.3 is 0 Å². The number of benzene rings is 1. The molecule has 0 radical (unpaired) electrons. The number of hydrogen-bond donors (Lipinski definition) is 1. The number of methoxy groups -OCH3 is 2. The van der Waals surface area contributed by atoms with Gasteiger partial charge in [-0.05, 0) is 51.8 Å². The minimum atomic E-state index is -0.0283. The van der Waals surface area contributed by atoms with Gasteiger partial charge in [-0.2, -0.15) is 0 Å². The Balaban J connectivity index is 1.64. The van der Waals surface area contributed by atoms with Crippen LogP contribution in [0.5, 0.6) is 11.5 Å². The van der Waals surface area contributed by atoms with Crippen LogP contribution in [0.25, 0.3) is 10.6 Å². The molecule has 0 bridgehead atoms. The number of allylic oxidation sites excluding steroid dienone is 1. The molecular formula is C23H31N3O3S. The second kappa shape index (κ2) is 10.1. The van der Waals surface area contributed by atoms with Crippen molar-refractivity contribution < 1.29 is 14.3 Å². The molecule has 0 unspecified atom stereocenters. The molecule has 6 nitrogen and oxygen atoms in total. The first-order valence-electron chi connectivity index (χ1n) is 10.3. The first-order valence-corrected chi connectivity index (χ1v) is 11.1. The van der Waals surface area contributed by atoms with Crippen LogP contribution in [-0.2, 0) is 0 Å². The number of nitrogens with zero attached hydrogens (tertiary/aromatic N) is 2. The maximum absolute atomic E-state index is 12.9. The Bertz CT molecular complexity index is 910. The fourth-order valence-corrected chi connectivity index (χ4v) is 4.49. The number of aromatic nitrogens is 1. The van der Waals surface area contributed by atoms with Crippen LogP contribution in [0.15, 0.2) is 29.8 Å². The molecule has 0 aliphatic carbocycles. The summed E-state index contributed by atoms with van der Waals surface area (Å²) < 4.78 is 10.7. The molecule has 30 heavy (non-hydrogen) atoms. The van der Waals surface area contributed by atoms with Crippen molar-refractivity contribution in [2.75, 3.05) is 33.9 Å². The normalized spacial score (nSPS) is 15.0. The van der Waals surface area contributed by atoms with Crippen LogP contribution < -0.4 is 14.8 Å². The van der Waals surface area contributed by atoms with E-state index < -0.39 is 0 Å². The summed E-state index contributed by atoms with van der Waals surface area (Å²) in [7, 11) is 3.22. The number of aryl methyl sites for hydroxylation is 1. The maximum Gasteiger partial charge on any atom is 0.263 e. The predicted molar refractivity (Wildman–Crippen MR) is 122 cm³/mol. The lowest BCUT2D eigenvalue weighted by atomic mass is 10.0. The third-order valence-corrected chi connectivity index (χ3v) is 6.52. The van der Waals surface area contributed by atoms with E-state index in [4.69, 9.17) is 9.47 Å². The molecule has 1 aliphatic heterocycles. The molecule has 0 spiro atoms. The minimum absolute atomic E-state index is 0.0283. The molecular weight excluding hydrogens is 398 g/mol. The van der Waals surface area contributed by atoms with Crippen LogP contribution >= 0.6 is 11.3 Å². The summed E-state index contributed by atoms with van der Waals surface area (Å²) in [6, 6.07) is 5.89. The van der Waals surface area contributed by atoms with Gasteiger partial charge in [0.25, 0.3) is 5.91 Å². The van der Waals surface area contributed by atoms with E-state index in [0.29, 0.717) is 16.4 Å². The summed E-state index contributed by atoms with van der Waals surface area (Å²) in [6.07, 6.45) is 4.21. The van der Waals surface area contributed by atoms with E-state index in [1.165, 1.54) is 16.9 Å². The monoisotopic (exact) mass is 429 g/mol. The summed E-state index contributed by atoms with van der Waals surface area (Å²) in [5.41, 5.74) is 3.01. The van der Waals surface area contributed by atoms with Crippen molar-refractivity contribution in [3.63, 3.8) is 0 Å². The Morgan fingerprint density at radius 2 is 1.93 bits per heavy atom. The number of rotatable bonds is 7. The molecule has 1 aromatic carbocycles. The third kappa shape index (κ3) is 5.40. The van der Waals surface area contributed by atoms with Gasteiger partial charge < -0.3 is 14.8 Å². The van der Waals surface area contributed by atoms with E-state index in [9.17, 15) is 4.79 Å². The van der Waals surface area contributed by atoms with Crippen LogP contribution in [0.4, 0.5) is 0 Å². The zero-order chi connectivity index (χ0) is 21.7. The molecule has 7 heteroatoms. The zero-order valence-corrected chi connectivity index (χ0v) is 19.3. The van der Waals surface area contributed by atoms with E-state index in [1.807, 2.05) is 25.1 Å². The lowest BCUT2D eigenvalue weighted by Crippen LogP contribution is -2.44. The van der Waals surface area contributed by atoms with Crippen LogP contribution in [-0.4, -0.2) is 55.7 Å². The number of nitrogens with one attached hydrogen (secondary N) is 1. The largest absolute Gasteiger partial charge is 0.493 e. The highest BCUT2D eigenvalue weighted by Crippen LogP contribution is 2.35. The highest BCUT2D eigenvalue weighted by Gasteiger charge is 2.23. The van der Waals surface area contributed by atoms with Crippen LogP contribution in [0, 0.1) is 6.92 Å². The molecule has 0 atom stereocenters. The quantitative estimate of drug-likeness (QED) is 0.665. The molecule has 1 fully saturated rings. The first kappa shape index (κ1) is 22.3.